The van der Waals surface area contributed by atoms with Crippen LogP contribution in [0.3, 0.4) is 0 Å². The molecule has 1 unspecified atom stereocenters. The molecule has 4 nitrogen and oxygen atoms in total. The molecule has 0 N–H and O–H groups in total. The van der Waals surface area contributed by atoms with E-state index in [1.54, 1.807) is 15.9 Å². The van der Waals surface area contributed by atoms with E-state index < -0.39 is 0 Å². The molecule has 1 heterocycles. The molecular weight excluding hydrogens is 288 g/mol. The largest absolute Gasteiger partial charge is 0.343 e. The van der Waals surface area contributed by atoms with E-state index in [-0.39, 0.29) is 24.2 Å². The van der Waals surface area contributed by atoms with Crippen LogP contribution < -0.4 is 4.90 Å². The van der Waals surface area contributed by atoms with E-state index in [9.17, 15) is 9.59 Å². The van der Waals surface area contributed by atoms with Crippen LogP contribution in [0.2, 0.25) is 5.02 Å². The average Bonchev–Trinajstić information content (AvgIpc) is 2.85. The third-order valence-corrected chi connectivity index (χ3v) is 4.42. The molecule has 1 aliphatic heterocycles. The number of hydrogen-bond acceptors (Lipinski definition) is 2. The summed E-state index contributed by atoms with van der Waals surface area (Å²) in [6, 6.07) is 5.56. The van der Waals surface area contributed by atoms with Gasteiger partial charge in [0, 0.05) is 36.8 Å². The summed E-state index contributed by atoms with van der Waals surface area (Å²) in [7, 11) is 0. The zero-order chi connectivity index (χ0) is 15.6. The fourth-order valence-corrected chi connectivity index (χ4v) is 2.84. The Bertz CT molecular complexity index is 555. The highest BCUT2D eigenvalue weighted by molar-refractivity contribution is 6.31. The zero-order valence-electron chi connectivity index (χ0n) is 12.7. The maximum absolute atomic E-state index is 12.4. The van der Waals surface area contributed by atoms with Crippen molar-refractivity contribution in [2.75, 3.05) is 24.5 Å². The van der Waals surface area contributed by atoms with Gasteiger partial charge in [-0.2, -0.15) is 0 Å². The van der Waals surface area contributed by atoms with Crippen LogP contribution in [-0.2, 0) is 9.59 Å². The van der Waals surface area contributed by atoms with E-state index >= 15 is 0 Å². The Balaban J connectivity index is 2.16. The number of anilines is 1. The maximum Gasteiger partial charge on any atom is 0.227 e. The van der Waals surface area contributed by atoms with Crippen molar-refractivity contribution in [1.82, 2.24) is 4.90 Å². The van der Waals surface area contributed by atoms with E-state index in [4.69, 9.17) is 11.6 Å². The van der Waals surface area contributed by atoms with Crippen LogP contribution >= 0.6 is 11.6 Å². The smallest absolute Gasteiger partial charge is 0.227 e. The molecule has 1 aromatic rings. The van der Waals surface area contributed by atoms with Gasteiger partial charge in [0.15, 0.2) is 0 Å². The number of nitrogens with zero attached hydrogens (tertiary/aromatic N) is 2. The van der Waals surface area contributed by atoms with Crippen LogP contribution in [0.1, 0.15) is 25.8 Å². The molecule has 5 heteroatoms. The molecule has 114 valence electrons. The van der Waals surface area contributed by atoms with Crippen molar-refractivity contribution in [2.45, 2.75) is 27.2 Å². The quantitative estimate of drug-likeness (QED) is 0.858. The summed E-state index contributed by atoms with van der Waals surface area (Å²) >= 11 is 6.12. The van der Waals surface area contributed by atoms with Crippen molar-refractivity contribution >= 4 is 29.1 Å². The number of aryl methyl sites for hydroxylation is 1. The fraction of sp³-hybridized carbons (Fsp3) is 0.500. The lowest BCUT2D eigenvalue weighted by Gasteiger charge is -2.22. The van der Waals surface area contributed by atoms with E-state index in [2.05, 4.69) is 0 Å². The third-order valence-electron chi connectivity index (χ3n) is 4.02. The van der Waals surface area contributed by atoms with Gasteiger partial charge in [-0.3, -0.25) is 9.59 Å². The van der Waals surface area contributed by atoms with Gasteiger partial charge >= 0.3 is 0 Å². The lowest BCUT2D eigenvalue weighted by atomic mass is 10.1. The van der Waals surface area contributed by atoms with Gasteiger partial charge in [0.05, 0.1) is 5.92 Å². The Morgan fingerprint density at radius 3 is 2.62 bits per heavy atom. The average molecular weight is 309 g/mol. The normalized spacial score (nSPS) is 18.2. The summed E-state index contributed by atoms with van der Waals surface area (Å²) in [5.41, 5.74) is 1.74. The number of carbonyl (C=O) groups is 2. The molecule has 0 radical (unpaired) electrons. The number of halogens is 1. The minimum atomic E-state index is -0.252. The molecule has 1 fully saturated rings. The van der Waals surface area contributed by atoms with Gasteiger partial charge < -0.3 is 9.80 Å². The van der Waals surface area contributed by atoms with Crippen molar-refractivity contribution in [3.63, 3.8) is 0 Å². The second kappa shape index (κ2) is 6.48. The Labute approximate surface area is 130 Å². The predicted octanol–water partition coefficient (Wildman–Crippen LogP) is 2.87. The number of amides is 2. The summed E-state index contributed by atoms with van der Waals surface area (Å²) in [6.07, 6.45) is 0.279. The van der Waals surface area contributed by atoms with Gasteiger partial charge in [0.1, 0.15) is 0 Å². The van der Waals surface area contributed by atoms with Crippen LogP contribution in [0.15, 0.2) is 18.2 Å². The number of rotatable bonds is 4. The highest BCUT2D eigenvalue weighted by Gasteiger charge is 2.36. The van der Waals surface area contributed by atoms with Gasteiger partial charge in [0.25, 0.3) is 0 Å². The minimum Gasteiger partial charge on any atom is -0.343 e. The van der Waals surface area contributed by atoms with E-state index in [1.807, 2.05) is 32.9 Å². The fourth-order valence-electron chi connectivity index (χ4n) is 2.67. The van der Waals surface area contributed by atoms with Gasteiger partial charge in [-0.05, 0) is 38.5 Å². The molecule has 0 aliphatic carbocycles. The molecule has 0 aromatic heterocycles. The zero-order valence-corrected chi connectivity index (χ0v) is 13.5. The summed E-state index contributed by atoms with van der Waals surface area (Å²) in [5.74, 6) is -0.202. The van der Waals surface area contributed by atoms with E-state index in [0.717, 1.165) is 11.3 Å². The molecule has 1 aliphatic rings. The van der Waals surface area contributed by atoms with E-state index in [0.29, 0.717) is 24.7 Å². The topological polar surface area (TPSA) is 40.6 Å². The first-order valence-electron chi connectivity index (χ1n) is 7.33. The maximum atomic E-state index is 12.4. The summed E-state index contributed by atoms with van der Waals surface area (Å²) in [4.78, 5) is 28.0. The highest BCUT2D eigenvalue weighted by atomic mass is 35.5. The summed E-state index contributed by atoms with van der Waals surface area (Å²) in [6.45, 7) is 7.62. The number of hydrogen-bond donors (Lipinski definition) is 0. The molecule has 2 amide bonds. The summed E-state index contributed by atoms with van der Waals surface area (Å²) in [5, 5.41) is 0.638. The molecule has 0 spiro atoms. The number of carbonyl (C=O) groups excluding carboxylic acids is 2. The first-order chi connectivity index (χ1) is 9.97. The number of benzene rings is 1. The molecule has 2 rings (SSSR count). The Hall–Kier alpha value is -1.55. The monoisotopic (exact) mass is 308 g/mol. The standard InChI is InChI=1S/C16H21ClN2O2/c1-4-18(5-2)16(21)12-8-15(20)19(10-12)13-7-6-11(3)14(17)9-13/h6-7,9,12H,4-5,8,10H2,1-3H3. The van der Waals surface area contributed by atoms with Crippen LogP contribution in [0.4, 0.5) is 5.69 Å². The van der Waals surface area contributed by atoms with E-state index in [1.165, 1.54) is 0 Å². The highest BCUT2D eigenvalue weighted by Crippen LogP contribution is 2.29. The van der Waals surface area contributed by atoms with Gasteiger partial charge in [-0.15, -0.1) is 0 Å². The summed E-state index contributed by atoms with van der Waals surface area (Å²) < 4.78 is 0. The Kier molecular flexibility index (Phi) is 4.88. The third kappa shape index (κ3) is 3.21. The molecule has 1 aromatic carbocycles. The molecule has 0 bridgehead atoms. The van der Waals surface area contributed by atoms with Crippen LogP contribution in [0.25, 0.3) is 0 Å². The van der Waals surface area contributed by atoms with Crippen molar-refractivity contribution in [3.8, 4) is 0 Å². The minimum absolute atomic E-state index is 0.0135. The van der Waals surface area contributed by atoms with Crippen molar-refractivity contribution in [3.05, 3.63) is 28.8 Å². The lowest BCUT2D eigenvalue weighted by Crippen LogP contribution is -2.37. The predicted molar refractivity (Wildman–Crippen MR) is 84.6 cm³/mol. The first-order valence-corrected chi connectivity index (χ1v) is 7.71. The van der Waals surface area contributed by atoms with Crippen molar-refractivity contribution in [1.29, 1.82) is 0 Å². The molecular formula is C16H21ClN2O2. The molecule has 1 saturated heterocycles. The van der Waals surface area contributed by atoms with Crippen LogP contribution in [0, 0.1) is 12.8 Å². The van der Waals surface area contributed by atoms with Crippen molar-refractivity contribution in [2.24, 2.45) is 5.92 Å². The first kappa shape index (κ1) is 15.8. The SMILES string of the molecule is CCN(CC)C(=O)C1CC(=O)N(c2ccc(C)c(Cl)c2)C1. The molecule has 1 atom stereocenters. The van der Waals surface area contributed by atoms with Crippen LogP contribution in [0.5, 0.6) is 0 Å². The second-order valence-corrected chi connectivity index (χ2v) is 5.76. The van der Waals surface area contributed by atoms with Gasteiger partial charge in [-0.25, -0.2) is 0 Å². The van der Waals surface area contributed by atoms with Crippen LogP contribution in [-0.4, -0.2) is 36.3 Å². The Morgan fingerprint density at radius 2 is 2.05 bits per heavy atom. The molecule has 21 heavy (non-hydrogen) atoms. The van der Waals surface area contributed by atoms with Crippen molar-refractivity contribution < 1.29 is 9.59 Å². The lowest BCUT2D eigenvalue weighted by molar-refractivity contribution is -0.135. The molecule has 0 saturated carbocycles. The Morgan fingerprint density at radius 1 is 1.38 bits per heavy atom. The van der Waals surface area contributed by atoms with Gasteiger partial charge in [0.2, 0.25) is 11.8 Å². The van der Waals surface area contributed by atoms with Gasteiger partial charge in [-0.1, -0.05) is 17.7 Å². The second-order valence-electron chi connectivity index (χ2n) is 5.35.